The van der Waals surface area contributed by atoms with Crippen molar-refractivity contribution < 1.29 is 5.11 Å². The summed E-state index contributed by atoms with van der Waals surface area (Å²) >= 11 is 0. The van der Waals surface area contributed by atoms with E-state index in [0.717, 1.165) is 13.1 Å². The number of benzene rings is 1. The van der Waals surface area contributed by atoms with Gasteiger partial charge in [0.25, 0.3) is 0 Å². The zero-order valence-corrected chi connectivity index (χ0v) is 11.8. The number of fused-ring (bicyclic) bond motifs is 1. The molecule has 0 radical (unpaired) electrons. The summed E-state index contributed by atoms with van der Waals surface area (Å²) in [5.41, 5.74) is 3.21. The van der Waals surface area contributed by atoms with Gasteiger partial charge in [0.2, 0.25) is 0 Å². The van der Waals surface area contributed by atoms with Crippen LogP contribution in [0.2, 0.25) is 0 Å². The van der Waals surface area contributed by atoms with E-state index in [1.54, 1.807) is 0 Å². The van der Waals surface area contributed by atoms with Crippen LogP contribution in [-0.2, 0) is 13.0 Å². The molecule has 19 heavy (non-hydrogen) atoms. The number of aliphatic hydroxyl groups excluding tert-OH is 1. The van der Waals surface area contributed by atoms with E-state index in [1.807, 2.05) is 0 Å². The number of rotatable bonds is 3. The smallest absolute Gasteiger partial charge is 0.0499 e. The second-order valence-corrected chi connectivity index (χ2v) is 6.45. The van der Waals surface area contributed by atoms with Gasteiger partial charge in [0.1, 0.15) is 0 Å². The van der Waals surface area contributed by atoms with Gasteiger partial charge in [0.15, 0.2) is 0 Å². The number of aliphatic hydroxyl groups is 1. The van der Waals surface area contributed by atoms with Gasteiger partial charge in [0, 0.05) is 25.1 Å². The fraction of sp³-hybridized carbons (Fsp3) is 0.647. The molecule has 0 amide bonds. The van der Waals surface area contributed by atoms with E-state index < -0.39 is 0 Å². The summed E-state index contributed by atoms with van der Waals surface area (Å²) < 4.78 is 0. The SMILES string of the molecule is OCC1(CN2CCCc3ccccc3C2)CCCC1. The standard InChI is InChI=1S/C17H25NO/c19-14-17(9-3-4-10-17)13-18-11-5-8-15-6-1-2-7-16(15)12-18/h1-2,6-7,19H,3-5,8-14H2. The molecule has 1 heterocycles. The summed E-state index contributed by atoms with van der Waals surface area (Å²) in [6, 6.07) is 8.85. The molecule has 1 aliphatic heterocycles. The Morgan fingerprint density at radius 3 is 2.53 bits per heavy atom. The van der Waals surface area contributed by atoms with E-state index in [0.29, 0.717) is 6.61 Å². The first-order valence-corrected chi connectivity index (χ1v) is 7.71. The maximum Gasteiger partial charge on any atom is 0.0499 e. The van der Waals surface area contributed by atoms with Gasteiger partial charge in [-0.2, -0.15) is 0 Å². The van der Waals surface area contributed by atoms with Crippen LogP contribution in [0.15, 0.2) is 24.3 Å². The van der Waals surface area contributed by atoms with Gasteiger partial charge in [-0.25, -0.2) is 0 Å². The van der Waals surface area contributed by atoms with Crippen molar-refractivity contribution in [1.82, 2.24) is 4.90 Å². The Hall–Kier alpha value is -0.860. The van der Waals surface area contributed by atoms with E-state index in [2.05, 4.69) is 29.2 Å². The highest BCUT2D eigenvalue weighted by molar-refractivity contribution is 5.28. The van der Waals surface area contributed by atoms with Crippen molar-refractivity contribution in [1.29, 1.82) is 0 Å². The minimum Gasteiger partial charge on any atom is -0.396 e. The highest BCUT2D eigenvalue weighted by Crippen LogP contribution is 2.39. The van der Waals surface area contributed by atoms with Gasteiger partial charge in [-0.15, -0.1) is 0 Å². The third kappa shape index (κ3) is 2.85. The van der Waals surface area contributed by atoms with E-state index in [9.17, 15) is 5.11 Å². The maximum atomic E-state index is 9.79. The molecule has 1 N–H and O–H groups in total. The number of hydrogen-bond donors (Lipinski definition) is 1. The molecule has 0 saturated heterocycles. The zero-order valence-electron chi connectivity index (χ0n) is 11.8. The van der Waals surface area contributed by atoms with Gasteiger partial charge < -0.3 is 5.11 Å². The van der Waals surface area contributed by atoms with Crippen molar-refractivity contribution in [3.05, 3.63) is 35.4 Å². The predicted octanol–water partition coefficient (Wildman–Crippen LogP) is 2.99. The molecule has 0 atom stereocenters. The van der Waals surface area contributed by atoms with Crippen molar-refractivity contribution in [3.63, 3.8) is 0 Å². The molecule has 0 aromatic heterocycles. The van der Waals surface area contributed by atoms with Gasteiger partial charge in [-0.3, -0.25) is 4.90 Å². The third-order valence-electron chi connectivity index (χ3n) is 4.99. The molecule has 1 aliphatic carbocycles. The summed E-state index contributed by atoms with van der Waals surface area (Å²) in [7, 11) is 0. The molecule has 2 heteroatoms. The van der Waals surface area contributed by atoms with Gasteiger partial charge >= 0.3 is 0 Å². The van der Waals surface area contributed by atoms with E-state index >= 15 is 0 Å². The molecule has 104 valence electrons. The second-order valence-electron chi connectivity index (χ2n) is 6.45. The summed E-state index contributed by atoms with van der Waals surface area (Å²) in [6.45, 7) is 3.69. The lowest BCUT2D eigenvalue weighted by molar-refractivity contribution is 0.0755. The van der Waals surface area contributed by atoms with Crippen LogP contribution in [0.1, 0.15) is 43.2 Å². The molecule has 1 saturated carbocycles. The lowest BCUT2D eigenvalue weighted by Crippen LogP contribution is -2.38. The molecule has 2 aliphatic rings. The van der Waals surface area contributed by atoms with E-state index in [-0.39, 0.29) is 5.41 Å². The van der Waals surface area contributed by atoms with Crippen LogP contribution in [0.25, 0.3) is 0 Å². The molecule has 0 bridgehead atoms. The summed E-state index contributed by atoms with van der Waals surface area (Å²) in [5, 5.41) is 9.79. The van der Waals surface area contributed by atoms with Crippen LogP contribution in [0.3, 0.4) is 0 Å². The highest BCUT2D eigenvalue weighted by Gasteiger charge is 2.35. The lowest BCUT2D eigenvalue weighted by Gasteiger charge is -2.33. The fourth-order valence-corrected chi connectivity index (χ4v) is 3.87. The van der Waals surface area contributed by atoms with Crippen molar-refractivity contribution in [3.8, 4) is 0 Å². The zero-order chi connectivity index (χ0) is 13.1. The van der Waals surface area contributed by atoms with Crippen molar-refractivity contribution in [2.45, 2.75) is 45.1 Å². The monoisotopic (exact) mass is 259 g/mol. The van der Waals surface area contributed by atoms with Crippen LogP contribution < -0.4 is 0 Å². The van der Waals surface area contributed by atoms with Gasteiger partial charge in [0.05, 0.1) is 0 Å². The van der Waals surface area contributed by atoms with Crippen LogP contribution in [-0.4, -0.2) is 29.7 Å². The Bertz CT molecular complexity index is 423. The Balaban J connectivity index is 1.72. The molecule has 0 unspecified atom stereocenters. The van der Waals surface area contributed by atoms with Gasteiger partial charge in [-0.05, 0) is 43.4 Å². The van der Waals surface area contributed by atoms with Crippen LogP contribution in [0, 0.1) is 5.41 Å². The number of nitrogens with zero attached hydrogens (tertiary/aromatic N) is 1. The quantitative estimate of drug-likeness (QED) is 0.902. The van der Waals surface area contributed by atoms with E-state index in [1.165, 1.54) is 56.2 Å². The number of hydrogen-bond acceptors (Lipinski definition) is 2. The Labute approximate surface area is 116 Å². The lowest BCUT2D eigenvalue weighted by atomic mass is 9.86. The molecule has 1 aromatic rings. The molecule has 1 fully saturated rings. The normalized spacial score (nSPS) is 23.0. The first-order valence-electron chi connectivity index (χ1n) is 7.71. The van der Waals surface area contributed by atoms with Crippen molar-refractivity contribution >= 4 is 0 Å². The molecular weight excluding hydrogens is 234 g/mol. The Morgan fingerprint density at radius 1 is 1.05 bits per heavy atom. The third-order valence-corrected chi connectivity index (χ3v) is 4.99. The fourth-order valence-electron chi connectivity index (χ4n) is 3.87. The first kappa shape index (κ1) is 13.1. The summed E-state index contributed by atoms with van der Waals surface area (Å²) in [5.74, 6) is 0. The Morgan fingerprint density at radius 2 is 1.79 bits per heavy atom. The highest BCUT2D eigenvalue weighted by atomic mass is 16.3. The molecule has 2 nitrogen and oxygen atoms in total. The van der Waals surface area contributed by atoms with E-state index in [4.69, 9.17) is 0 Å². The van der Waals surface area contributed by atoms with Crippen LogP contribution in [0.5, 0.6) is 0 Å². The largest absolute Gasteiger partial charge is 0.396 e. The minimum absolute atomic E-state index is 0.194. The first-order chi connectivity index (χ1) is 9.31. The minimum atomic E-state index is 0.194. The second kappa shape index (κ2) is 5.64. The van der Waals surface area contributed by atoms with Crippen molar-refractivity contribution in [2.75, 3.05) is 19.7 Å². The summed E-state index contributed by atoms with van der Waals surface area (Å²) in [4.78, 5) is 2.58. The predicted molar refractivity (Wildman–Crippen MR) is 78.0 cm³/mol. The molecular formula is C17H25NO. The van der Waals surface area contributed by atoms with Crippen LogP contribution in [0.4, 0.5) is 0 Å². The Kier molecular flexibility index (Phi) is 3.90. The topological polar surface area (TPSA) is 23.5 Å². The number of aryl methyl sites for hydroxylation is 1. The molecule has 0 spiro atoms. The molecule has 1 aromatic carbocycles. The average molecular weight is 259 g/mol. The average Bonchev–Trinajstić information content (AvgIpc) is 2.80. The van der Waals surface area contributed by atoms with Crippen molar-refractivity contribution in [2.24, 2.45) is 5.41 Å². The summed E-state index contributed by atoms with van der Waals surface area (Å²) in [6.07, 6.45) is 7.47. The van der Waals surface area contributed by atoms with Crippen LogP contribution >= 0.6 is 0 Å². The van der Waals surface area contributed by atoms with Gasteiger partial charge in [-0.1, -0.05) is 37.1 Å². The maximum absolute atomic E-state index is 9.79. The molecule has 3 rings (SSSR count).